The van der Waals surface area contributed by atoms with Crippen molar-refractivity contribution in [1.82, 2.24) is 19.4 Å². The first-order valence-electron chi connectivity index (χ1n) is 9.69. The molecule has 3 aromatic rings. The first-order chi connectivity index (χ1) is 14.0. The molecule has 152 valence electrons. The number of hydrogen-bond donors (Lipinski definition) is 1. The maximum absolute atomic E-state index is 12.0. The van der Waals surface area contributed by atoms with Crippen LogP contribution in [0.15, 0.2) is 54.9 Å². The number of carboxylic acid groups (broad SMARTS) is 1. The molecule has 0 unspecified atom stereocenters. The largest absolute Gasteiger partial charge is 0.465 e. The molecule has 0 radical (unpaired) electrons. The Balaban J connectivity index is 0.000000224. The van der Waals surface area contributed by atoms with Crippen molar-refractivity contribution in [3.05, 3.63) is 60.4 Å². The van der Waals surface area contributed by atoms with E-state index in [1.54, 1.807) is 25.2 Å². The summed E-state index contributed by atoms with van der Waals surface area (Å²) in [7, 11) is 3.51. The molecule has 0 atom stereocenters. The number of carbonyl (C=O) groups is 2. The van der Waals surface area contributed by atoms with Gasteiger partial charge in [-0.1, -0.05) is 6.07 Å². The summed E-state index contributed by atoms with van der Waals surface area (Å²) in [6, 6.07) is 13.5. The first kappa shape index (κ1) is 20.4. The average Bonchev–Trinajstić information content (AvgIpc) is 3.18. The number of hydrogen-bond acceptors (Lipinski definition) is 3. The third-order valence-corrected chi connectivity index (χ3v) is 4.87. The number of fused-ring (bicyclic) bond motifs is 1. The van der Waals surface area contributed by atoms with Crippen molar-refractivity contribution in [2.24, 2.45) is 0 Å². The monoisotopic (exact) mass is 394 g/mol. The summed E-state index contributed by atoms with van der Waals surface area (Å²) in [5.41, 5.74) is 1.74. The molecule has 2 amide bonds. The van der Waals surface area contributed by atoms with E-state index in [0.717, 1.165) is 42.7 Å². The highest BCUT2D eigenvalue weighted by atomic mass is 16.4. The van der Waals surface area contributed by atoms with Crippen LogP contribution >= 0.6 is 0 Å². The quantitative estimate of drug-likeness (QED) is 0.715. The fourth-order valence-corrected chi connectivity index (χ4v) is 3.31. The highest BCUT2D eigenvalue weighted by Crippen LogP contribution is 2.21. The number of amides is 2. The zero-order chi connectivity index (χ0) is 20.8. The average molecular weight is 394 g/mol. The topological polar surface area (TPSA) is 78.7 Å². The van der Waals surface area contributed by atoms with Crippen LogP contribution < -0.4 is 0 Å². The van der Waals surface area contributed by atoms with E-state index in [9.17, 15) is 9.59 Å². The number of benzene rings is 1. The molecule has 2 aromatic heterocycles. The maximum atomic E-state index is 12.0. The summed E-state index contributed by atoms with van der Waals surface area (Å²) < 4.78 is 2.01. The lowest BCUT2D eigenvalue weighted by Gasteiger charge is -2.22. The van der Waals surface area contributed by atoms with Crippen LogP contribution in [-0.2, 0) is 0 Å². The Labute approximate surface area is 170 Å². The van der Waals surface area contributed by atoms with E-state index in [-0.39, 0.29) is 5.91 Å². The second kappa shape index (κ2) is 9.23. The van der Waals surface area contributed by atoms with E-state index in [4.69, 9.17) is 5.11 Å². The van der Waals surface area contributed by atoms with Crippen LogP contribution in [0, 0.1) is 0 Å². The van der Waals surface area contributed by atoms with Crippen molar-refractivity contribution in [3.63, 3.8) is 0 Å². The van der Waals surface area contributed by atoms with Crippen molar-refractivity contribution in [2.45, 2.75) is 19.3 Å². The summed E-state index contributed by atoms with van der Waals surface area (Å²) >= 11 is 0. The van der Waals surface area contributed by atoms with Crippen LogP contribution in [0.1, 0.15) is 29.6 Å². The van der Waals surface area contributed by atoms with Crippen LogP contribution in [0.3, 0.4) is 0 Å². The molecule has 1 aliphatic heterocycles. The Kier molecular flexibility index (Phi) is 6.49. The fourth-order valence-electron chi connectivity index (χ4n) is 3.31. The predicted octanol–water partition coefficient (Wildman–Crippen LogP) is 3.88. The number of nitrogens with zero attached hydrogens (tertiary/aromatic N) is 4. The van der Waals surface area contributed by atoms with Gasteiger partial charge in [0.15, 0.2) is 0 Å². The van der Waals surface area contributed by atoms with Crippen LogP contribution in [0.5, 0.6) is 0 Å². The van der Waals surface area contributed by atoms with E-state index in [2.05, 4.69) is 4.98 Å². The van der Waals surface area contributed by atoms with Crippen molar-refractivity contribution in [3.8, 4) is 5.82 Å². The molecule has 0 saturated carbocycles. The van der Waals surface area contributed by atoms with Gasteiger partial charge < -0.3 is 19.5 Å². The van der Waals surface area contributed by atoms with Gasteiger partial charge in [0, 0.05) is 50.5 Å². The van der Waals surface area contributed by atoms with Gasteiger partial charge in [-0.3, -0.25) is 4.79 Å². The Morgan fingerprint density at radius 2 is 1.79 bits per heavy atom. The number of carbonyl (C=O) groups excluding carboxylic acids is 1. The lowest BCUT2D eigenvalue weighted by atomic mass is 10.1. The van der Waals surface area contributed by atoms with Crippen LogP contribution in [0.25, 0.3) is 16.7 Å². The van der Waals surface area contributed by atoms with Gasteiger partial charge in [0.25, 0.3) is 5.91 Å². The first-order valence-corrected chi connectivity index (χ1v) is 9.69. The molecule has 1 N–H and O–H groups in total. The number of pyridine rings is 1. The van der Waals surface area contributed by atoms with Crippen molar-refractivity contribution >= 4 is 22.9 Å². The van der Waals surface area contributed by atoms with E-state index >= 15 is 0 Å². The van der Waals surface area contributed by atoms with Gasteiger partial charge in [0.1, 0.15) is 5.82 Å². The van der Waals surface area contributed by atoms with Gasteiger partial charge in [-0.2, -0.15) is 0 Å². The number of aromatic nitrogens is 2. The molecule has 7 nitrogen and oxygen atoms in total. The zero-order valence-corrected chi connectivity index (χ0v) is 16.8. The molecule has 7 heteroatoms. The summed E-state index contributed by atoms with van der Waals surface area (Å²) in [5, 5.41) is 9.50. The second-order valence-electron chi connectivity index (χ2n) is 7.18. The van der Waals surface area contributed by atoms with E-state index < -0.39 is 6.09 Å². The lowest BCUT2D eigenvalue weighted by molar-refractivity contribution is 0.0827. The molecular weight excluding hydrogens is 368 g/mol. The Bertz CT molecular complexity index is 976. The standard InChI is InChI=1S/C16H15N3O.C6H11NO2/c1-18(2)16(20)13-6-7-14-12(11-13)8-10-19(14)15-5-3-4-9-17-15;8-6(9)7-4-2-1-3-5-7/h3-11H,1-2H3;1-5H2,(H,8,9). The van der Waals surface area contributed by atoms with Gasteiger partial charge in [-0.05, 0) is 55.7 Å². The molecule has 3 heterocycles. The minimum Gasteiger partial charge on any atom is -0.465 e. The smallest absolute Gasteiger partial charge is 0.407 e. The molecule has 0 bridgehead atoms. The van der Waals surface area contributed by atoms with Gasteiger partial charge in [-0.15, -0.1) is 0 Å². The minimum atomic E-state index is -0.769. The van der Waals surface area contributed by atoms with Gasteiger partial charge >= 0.3 is 6.09 Å². The minimum absolute atomic E-state index is 0.0116. The Morgan fingerprint density at radius 1 is 1.03 bits per heavy atom. The summed E-state index contributed by atoms with van der Waals surface area (Å²) in [5.74, 6) is 0.881. The fraction of sp³-hybridized carbons (Fsp3) is 0.318. The molecule has 1 saturated heterocycles. The maximum Gasteiger partial charge on any atom is 0.407 e. The van der Waals surface area contributed by atoms with Crippen molar-refractivity contribution < 1.29 is 14.7 Å². The molecule has 0 aliphatic carbocycles. The van der Waals surface area contributed by atoms with Crippen LogP contribution in [-0.4, -0.2) is 63.6 Å². The second-order valence-corrected chi connectivity index (χ2v) is 7.18. The molecule has 4 rings (SSSR count). The number of piperidine rings is 1. The van der Waals surface area contributed by atoms with E-state index in [1.165, 1.54) is 11.3 Å². The number of likely N-dealkylation sites (tertiary alicyclic amines) is 1. The highest BCUT2D eigenvalue weighted by molar-refractivity contribution is 5.98. The lowest BCUT2D eigenvalue weighted by Crippen LogP contribution is -2.34. The summed E-state index contributed by atoms with van der Waals surface area (Å²) in [6.07, 6.45) is 6.22. The zero-order valence-electron chi connectivity index (χ0n) is 16.8. The third kappa shape index (κ3) is 4.93. The van der Waals surface area contributed by atoms with E-state index in [0.29, 0.717) is 5.56 Å². The third-order valence-electron chi connectivity index (χ3n) is 4.87. The molecule has 1 aliphatic rings. The molecule has 0 spiro atoms. The van der Waals surface area contributed by atoms with Crippen LogP contribution in [0.2, 0.25) is 0 Å². The normalized spacial score (nSPS) is 13.5. The van der Waals surface area contributed by atoms with Gasteiger partial charge in [-0.25, -0.2) is 9.78 Å². The van der Waals surface area contributed by atoms with Crippen molar-refractivity contribution in [1.29, 1.82) is 0 Å². The molecule has 1 aromatic carbocycles. The summed E-state index contributed by atoms with van der Waals surface area (Å²) in [6.45, 7) is 1.46. The van der Waals surface area contributed by atoms with Crippen molar-refractivity contribution in [2.75, 3.05) is 27.2 Å². The SMILES string of the molecule is CN(C)C(=O)c1ccc2c(ccn2-c2ccccn2)c1.O=C(O)N1CCCCC1. The number of rotatable bonds is 2. The van der Waals surface area contributed by atoms with Crippen LogP contribution in [0.4, 0.5) is 4.79 Å². The van der Waals surface area contributed by atoms with Gasteiger partial charge in [0.2, 0.25) is 0 Å². The molecule has 29 heavy (non-hydrogen) atoms. The van der Waals surface area contributed by atoms with Gasteiger partial charge in [0.05, 0.1) is 5.52 Å². The molecular formula is C22H26N4O3. The Hall–Kier alpha value is -3.35. The molecule has 1 fully saturated rings. The summed E-state index contributed by atoms with van der Waals surface area (Å²) in [4.78, 5) is 29.7. The Morgan fingerprint density at radius 3 is 2.38 bits per heavy atom. The predicted molar refractivity (Wildman–Crippen MR) is 113 cm³/mol. The highest BCUT2D eigenvalue weighted by Gasteiger charge is 2.13. The van der Waals surface area contributed by atoms with E-state index in [1.807, 2.05) is 53.2 Å².